The highest BCUT2D eigenvalue weighted by atomic mass is 35.5. The molecule has 8 nitrogen and oxygen atoms in total. The number of carboxylic acid groups (broad SMARTS) is 1. The first-order valence-electron chi connectivity index (χ1n) is 11.5. The lowest BCUT2D eigenvalue weighted by molar-refractivity contribution is -0.139. The van der Waals surface area contributed by atoms with Gasteiger partial charge in [-0.3, -0.25) is 4.79 Å². The molecule has 0 aromatic heterocycles. The lowest BCUT2D eigenvalue weighted by Gasteiger charge is -2.17. The highest BCUT2D eigenvalue weighted by Gasteiger charge is 2.30. The number of carbonyl (C=O) groups is 2. The topological polar surface area (TPSA) is 125 Å². The molecule has 2 atom stereocenters. The van der Waals surface area contributed by atoms with E-state index in [0.29, 0.717) is 18.2 Å². The Hall–Kier alpha value is -3.11. The van der Waals surface area contributed by atoms with Gasteiger partial charge in [-0.15, -0.1) is 0 Å². The maximum atomic E-state index is 12.9. The number of hydrogen-bond donors (Lipinski definition) is 4. The highest BCUT2D eigenvalue weighted by molar-refractivity contribution is 7.89. The molecule has 3 rings (SSSR count). The predicted molar refractivity (Wildman–Crippen MR) is 146 cm³/mol. The highest BCUT2D eigenvalue weighted by Crippen LogP contribution is 2.31. The SMILES string of the molecule is CCC(C)CNC(=O)Nc1cccc(-c2ccc(C(NS(=O)(=O)c3c(Cl)cccc3Cl)C(=O)O)cc2)c1. The molecular formula is C26H27Cl2N3O5S. The van der Waals surface area contributed by atoms with E-state index < -0.39 is 26.9 Å². The van der Waals surface area contributed by atoms with E-state index in [9.17, 15) is 23.1 Å². The third kappa shape index (κ3) is 7.45. The summed E-state index contributed by atoms with van der Waals surface area (Å²) in [4.78, 5) is 23.7. The molecule has 2 amide bonds. The predicted octanol–water partition coefficient (Wildman–Crippen LogP) is 5.93. The van der Waals surface area contributed by atoms with Gasteiger partial charge in [-0.25, -0.2) is 13.2 Å². The molecule has 0 aliphatic rings. The van der Waals surface area contributed by atoms with Crippen LogP contribution < -0.4 is 15.4 Å². The average Bonchev–Trinajstić information content (AvgIpc) is 2.85. The second kappa shape index (κ2) is 12.4. The molecule has 4 N–H and O–H groups in total. The summed E-state index contributed by atoms with van der Waals surface area (Å²) in [5.41, 5.74) is 2.33. The molecule has 0 spiro atoms. The van der Waals surface area contributed by atoms with E-state index in [2.05, 4.69) is 29.2 Å². The van der Waals surface area contributed by atoms with E-state index in [1.165, 1.54) is 30.3 Å². The summed E-state index contributed by atoms with van der Waals surface area (Å²) in [6.45, 7) is 4.68. The number of amides is 2. The van der Waals surface area contributed by atoms with Crippen LogP contribution in [0.15, 0.2) is 71.6 Å². The Balaban J connectivity index is 1.78. The van der Waals surface area contributed by atoms with Gasteiger partial charge in [-0.1, -0.05) is 85.9 Å². The quantitative estimate of drug-likeness (QED) is 0.243. The summed E-state index contributed by atoms with van der Waals surface area (Å²) in [5, 5.41) is 15.1. The standard InChI is InChI=1S/C26H27Cl2N3O5S/c1-3-16(2)15-29-26(34)30-20-7-4-6-19(14-20)17-10-12-18(13-11-17)23(25(32)33)31-37(35,36)24-21(27)8-5-9-22(24)28/h4-14,16,23,31H,3,15H2,1-2H3,(H,32,33)(H2,29,30,34). The summed E-state index contributed by atoms with van der Waals surface area (Å²) in [5.74, 6) is -1.02. The number of benzene rings is 3. The number of aliphatic carboxylic acids is 1. The zero-order chi connectivity index (χ0) is 27.2. The molecule has 0 heterocycles. The van der Waals surface area contributed by atoms with Crippen LogP contribution in [0.2, 0.25) is 10.0 Å². The van der Waals surface area contributed by atoms with E-state index >= 15 is 0 Å². The second-order valence-corrected chi connectivity index (χ2v) is 11.0. The Kier molecular flexibility index (Phi) is 9.56. The molecule has 0 aliphatic heterocycles. The minimum atomic E-state index is -4.35. The first-order valence-corrected chi connectivity index (χ1v) is 13.7. The Morgan fingerprint density at radius 2 is 1.57 bits per heavy atom. The van der Waals surface area contributed by atoms with Gasteiger partial charge in [0.15, 0.2) is 0 Å². The molecule has 11 heteroatoms. The van der Waals surface area contributed by atoms with Gasteiger partial charge >= 0.3 is 12.0 Å². The summed E-state index contributed by atoms with van der Waals surface area (Å²) in [7, 11) is -4.35. The van der Waals surface area contributed by atoms with Gasteiger partial charge in [-0.2, -0.15) is 4.72 Å². The van der Waals surface area contributed by atoms with Crippen molar-refractivity contribution in [3.05, 3.63) is 82.3 Å². The molecule has 0 saturated heterocycles. The van der Waals surface area contributed by atoms with Gasteiger partial charge in [0.25, 0.3) is 0 Å². The third-order valence-electron chi connectivity index (χ3n) is 5.71. The summed E-state index contributed by atoms with van der Waals surface area (Å²) < 4.78 is 28.0. The fraction of sp³-hybridized carbons (Fsp3) is 0.231. The monoisotopic (exact) mass is 563 g/mol. The largest absolute Gasteiger partial charge is 0.480 e. The van der Waals surface area contributed by atoms with Crippen LogP contribution in [0.3, 0.4) is 0 Å². The summed E-state index contributed by atoms with van der Waals surface area (Å²) in [6.07, 6.45) is 0.962. The molecule has 0 aliphatic carbocycles. The van der Waals surface area contributed by atoms with E-state index in [1.807, 2.05) is 6.07 Å². The number of urea groups is 1. The van der Waals surface area contributed by atoms with Gasteiger partial charge < -0.3 is 15.7 Å². The zero-order valence-corrected chi connectivity index (χ0v) is 22.5. The van der Waals surface area contributed by atoms with Crippen LogP contribution >= 0.6 is 23.2 Å². The van der Waals surface area contributed by atoms with Crippen LogP contribution in [0.25, 0.3) is 11.1 Å². The number of halogens is 2. The Morgan fingerprint density at radius 3 is 2.16 bits per heavy atom. The number of hydrogen-bond acceptors (Lipinski definition) is 4. The average molecular weight is 564 g/mol. The van der Waals surface area contributed by atoms with Crippen LogP contribution in [0.1, 0.15) is 31.9 Å². The van der Waals surface area contributed by atoms with Crippen molar-refractivity contribution in [1.29, 1.82) is 0 Å². The fourth-order valence-electron chi connectivity index (χ4n) is 3.45. The maximum Gasteiger partial charge on any atom is 0.326 e. The first-order chi connectivity index (χ1) is 17.5. The molecule has 0 saturated carbocycles. The van der Waals surface area contributed by atoms with Crippen molar-refractivity contribution in [1.82, 2.24) is 10.0 Å². The van der Waals surface area contributed by atoms with E-state index in [4.69, 9.17) is 23.2 Å². The second-order valence-electron chi connectivity index (χ2n) is 8.49. The van der Waals surface area contributed by atoms with Crippen molar-refractivity contribution in [2.75, 3.05) is 11.9 Å². The van der Waals surface area contributed by atoms with Crippen molar-refractivity contribution in [3.63, 3.8) is 0 Å². The number of sulfonamides is 1. The number of anilines is 1. The van der Waals surface area contributed by atoms with Gasteiger partial charge in [0.2, 0.25) is 10.0 Å². The Bertz CT molecular complexity index is 1360. The number of nitrogens with one attached hydrogen (secondary N) is 3. The van der Waals surface area contributed by atoms with Gasteiger partial charge in [0.1, 0.15) is 10.9 Å². The van der Waals surface area contributed by atoms with Crippen LogP contribution in [0.5, 0.6) is 0 Å². The summed E-state index contributed by atoms with van der Waals surface area (Å²) in [6, 6.07) is 15.9. The zero-order valence-electron chi connectivity index (χ0n) is 20.2. The van der Waals surface area contributed by atoms with Crippen LogP contribution in [-0.2, 0) is 14.8 Å². The molecule has 37 heavy (non-hydrogen) atoms. The molecule has 196 valence electrons. The minimum absolute atomic E-state index is 0.124. The van der Waals surface area contributed by atoms with E-state index in [0.717, 1.165) is 17.5 Å². The normalized spacial score (nSPS) is 13.0. The molecular weight excluding hydrogens is 537 g/mol. The van der Waals surface area contributed by atoms with Crippen LogP contribution in [0, 0.1) is 5.92 Å². The molecule has 0 bridgehead atoms. The van der Waals surface area contributed by atoms with E-state index in [-0.39, 0.29) is 21.6 Å². The lowest BCUT2D eigenvalue weighted by Crippen LogP contribution is -2.34. The minimum Gasteiger partial charge on any atom is -0.480 e. The van der Waals surface area contributed by atoms with Crippen molar-refractivity contribution in [2.45, 2.75) is 31.2 Å². The molecule has 2 unspecified atom stereocenters. The van der Waals surface area contributed by atoms with Gasteiger partial charge in [0, 0.05) is 12.2 Å². The maximum absolute atomic E-state index is 12.9. The van der Waals surface area contributed by atoms with E-state index in [1.54, 1.807) is 30.3 Å². The Labute approximate surface area is 226 Å². The van der Waals surface area contributed by atoms with Crippen LogP contribution in [-0.4, -0.2) is 32.1 Å². The molecule has 3 aromatic carbocycles. The molecule has 3 aromatic rings. The van der Waals surface area contributed by atoms with Gasteiger partial charge in [0.05, 0.1) is 10.0 Å². The first kappa shape index (κ1) is 28.5. The van der Waals surface area contributed by atoms with Crippen molar-refractivity contribution in [3.8, 4) is 11.1 Å². The van der Waals surface area contributed by atoms with Crippen LogP contribution in [0.4, 0.5) is 10.5 Å². The van der Waals surface area contributed by atoms with Crippen molar-refractivity contribution >= 4 is 50.9 Å². The van der Waals surface area contributed by atoms with Crippen molar-refractivity contribution in [2.24, 2.45) is 5.92 Å². The molecule has 0 radical (unpaired) electrons. The van der Waals surface area contributed by atoms with Crippen molar-refractivity contribution < 1.29 is 23.1 Å². The fourth-order valence-corrected chi connectivity index (χ4v) is 5.77. The summed E-state index contributed by atoms with van der Waals surface area (Å²) >= 11 is 12.0. The number of carboxylic acids is 1. The molecule has 0 fully saturated rings. The number of rotatable bonds is 10. The van der Waals surface area contributed by atoms with Gasteiger partial charge in [-0.05, 0) is 46.9 Å². The smallest absolute Gasteiger partial charge is 0.326 e. The number of carbonyl (C=O) groups excluding carboxylic acids is 1. The lowest BCUT2D eigenvalue weighted by atomic mass is 10.0. The third-order valence-corrected chi connectivity index (χ3v) is 8.09. The Morgan fingerprint density at radius 1 is 0.946 bits per heavy atom.